The SMILES string of the molecule is CC(C)C(C(O)c1ccccc1)N(C)CCN1CCCC1. The van der Waals surface area contributed by atoms with Gasteiger partial charge in [0.1, 0.15) is 0 Å². The Morgan fingerprint density at radius 1 is 1.14 bits per heavy atom. The van der Waals surface area contributed by atoms with E-state index in [1.807, 2.05) is 30.3 Å². The van der Waals surface area contributed by atoms with Crippen LogP contribution in [-0.4, -0.2) is 54.2 Å². The lowest BCUT2D eigenvalue weighted by atomic mass is 9.92. The number of benzene rings is 1. The zero-order valence-corrected chi connectivity index (χ0v) is 13.7. The number of likely N-dealkylation sites (N-methyl/N-ethyl adjacent to an activating group) is 1. The van der Waals surface area contributed by atoms with Crippen molar-refractivity contribution in [1.29, 1.82) is 0 Å². The standard InChI is InChI=1S/C18H30N2O/c1-15(2)17(18(21)16-9-5-4-6-10-16)19(3)13-14-20-11-7-8-12-20/h4-6,9-10,15,17-18,21H,7-8,11-14H2,1-3H3. The Morgan fingerprint density at radius 2 is 1.76 bits per heavy atom. The first-order valence-corrected chi connectivity index (χ1v) is 8.25. The summed E-state index contributed by atoms with van der Waals surface area (Å²) in [5.74, 6) is 0.420. The molecule has 1 aromatic carbocycles. The zero-order valence-electron chi connectivity index (χ0n) is 13.7. The molecule has 0 aliphatic carbocycles. The molecular weight excluding hydrogens is 260 g/mol. The zero-order chi connectivity index (χ0) is 15.2. The Labute approximate surface area is 129 Å². The maximum atomic E-state index is 10.8. The first-order chi connectivity index (χ1) is 10.1. The second-order valence-electron chi connectivity index (χ2n) is 6.62. The quantitative estimate of drug-likeness (QED) is 0.836. The predicted octanol–water partition coefficient (Wildman–Crippen LogP) is 2.77. The van der Waals surface area contributed by atoms with Gasteiger partial charge in [-0.15, -0.1) is 0 Å². The van der Waals surface area contributed by atoms with Gasteiger partial charge in [-0.1, -0.05) is 44.2 Å². The molecule has 1 heterocycles. The van der Waals surface area contributed by atoms with Crippen LogP contribution in [0.3, 0.4) is 0 Å². The first-order valence-electron chi connectivity index (χ1n) is 8.25. The Bertz CT molecular complexity index is 401. The fraction of sp³-hybridized carbons (Fsp3) is 0.667. The summed E-state index contributed by atoms with van der Waals surface area (Å²) in [6.07, 6.45) is 2.25. The van der Waals surface area contributed by atoms with Crippen molar-refractivity contribution in [3.63, 3.8) is 0 Å². The third-order valence-electron chi connectivity index (χ3n) is 4.62. The van der Waals surface area contributed by atoms with E-state index < -0.39 is 6.10 Å². The molecule has 0 bridgehead atoms. The van der Waals surface area contributed by atoms with Gasteiger partial charge in [0.2, 0.25) is 0 Å². The van der Waals surface area contributed by atoms with Crippen molar-refractivity contribution in [2.45, 2.75) is 38.8 Å². The second-order valence-corrected chi connectivity index (χ2v) is 6.62. The molecule has 1 aromatic rings. The van der Waals surface area contributed by atoms with Crippen LogP contribution in [-0.2, 0) is 0 Å². The van der Waals surface area contributed by atoms with Gasteiger partial charge in [0.25, 0.3) is 0 Å². The van der Waals surface area contributed by atoms with Crippen LogP contribution in [0.2, 0.25) is 0 Å². The molecule has 3 heteroatoms. The number of rotatable bonds is 7. The monoisotopic (exact) mass is 290 g/mol. The fourth-order valence-corrected chi connectivity index (χ4v) is 3.42. The molecule has 0 radical (unpaired) electrons. The topological polar surface area (TPSA) is 26.7 Å². The summed E-state index contributed by atoms with van der Waals surface area (Å²) in [6, 6.07) is 10.2. The second kappa shape index (κ2) is 7.92. The van der Waals surface area contributed by atoms with E-state index in [4.69, 9.17) is 0 Å². The number of hydrogen-bond acceptors (Lipinski definition) is 3. The lowest BCUT2D eigenvalue weighted by Gasteiger charge is -2.36. The number of likely N-dealkylation sites (tertiary alicyclic amines) is 1. The lowest BCUT2D eigenvalue weighted by Crippen LogP contribution is -2.44. The summed E-state index contributed by atoms with van der Waals surface area (Å²) in [4.78, 5) is 4.86. The van der Waals surface area contributed by atoms with Crippen molar-refractivity contribution < 1.29 is 5.11 Å². The Balaban J connectivity index is 1.96. The Hall–Kier alpha value is -0.900. The minimum absolute atomic E-state index is 0.162. The maximum Gasteiger partial charge on any atom is 0.0947 e. The highest BCUT2D eigenvalue weighted by molar-refractivity contribution is 5.19. The molecular formula is C18H30N2O. The summed E-state index contributed by atoms with van der Waals surface area (Å²) in [6.45, 7) is 9.00. The van der Waals surface area contributed by atoms with Gasteiger partial charge in [-0.3, -0.25) is 4.90 Å². The molecule has 1 fully saturated rings. The number of aliphatic hydroxyl groups is 1. The highest BCUT2D eigenvalue weighted by Crippen LogP contribution is 2.25. The molecule has 2 atom stereocenters. The molecule has 2 unspecified atom stereocenters. The highest BCUT2D eigenvalue weighted by Gasteiger charge is 2.28. The molecule has 2 rings (SSSR count). The summed E-state index contributed by atoms with van der Waals surface area (Å²) < 4.78 is 0. The third kappa shape index (κ3) is 4.53. The van der Waals surface area contributed by atoms with E-state index >= 15 is 0 Å². The average Bonchev–Trinajstić information content (AvgIpc) is 2.99. The van der Waals surface area contributed by atoms with E-state index in [-0.39, 0.29) is 6.04 Å². The largest absolute Gasteiger partial charge is 0.387 e. The van der Waals surface area contributed by atoms with E-state index in [0.717, 1.165) is 18.7 Å². The van der Waals surface area contributed by atoms with Crippen LogP contribution >= 0.6 is 0 Å². The van der Waals surface area contributed by atoms with Crippen molar-refractivity contribution in [3.05, 3.63) is 35.9 Å². The van der Waals surface area contributed by atoms with E-state index in [1.165, 1.54) is 25.9 Å². The molecule has 0 saturated carbocycles. The van der Waals surface area contributed by atoms with Gasteiger partial charge in [0.05, 0.1) is 6.10 Å². The highest BCUT2D eigenvalue weighted by atomic mass is 16.3. The molecule has 1 aliphatic heterocycles. The molecule has 0 spiro atoms. The van der Waals surface area contributed by atoms with Crippen molar-refractivity contribution in [1.82, 2.24) is 9.80 Å². The number of hydrogen-bond donors (Lipinski definition) is 1. The van der Waals surface area contributed by atoms with Gasteiger partial charge >= 0.3 is 0 Å². The van der Waals surface area contributed by atoms with E-state index in [9.17, 15) is 5.11 Å². The minimum Gasteiger partial charge on any atom is -0.387 e. The van der Waals surface area contributed by atoms with Crippen molar-refractivity contribution in [2.75, 3.05) is 33.2 Å². The van der Waals surface area contributed by atoms with Gasteiger partial charge in [0, 0.05) is 19.1 Å². The summed E-state index contributed by atoms with van der Waals surface area (Å²) in [5.41, 5.74) is 1.02. The Morgan fingerprint density at radius 3 is 2.33 bits per heavy atom. The van der Waals surface area contributed by atoms with Crippen LogP contribution in [0, 0.1) is 5.92 Å². The van der Waals surface area contributed by atoms with E-state index in [0.29, 0.717) is 5.92 Å². The molecule has 21 heavy (non-hydrogen) atoms. The van der Waals surface area contributed by atoms with Crippen LogP contribution < -0.4 is 0 Å². The lowest BCUT2D eigenvalue weighted by molar-refractivity contribution is 0.0328. The van der Waals surface area contributed by atoms with Crippen LogP contribution in [0.25, 0.3) is 0 Å². The molecule has 0 amide bonds. The molecule has 3 nitrogen and oxygen atoms in total. The van der Waals surface area contributed by atoms with Gasteiger partial charge in [-0.05, 0) is 44.5 Å². The Kier molecular flexibility index (Phi) is 6.22. The van der Waals surface area contributed by atoms with Crippen LogP contribution in [0.4, 0.5) is 0 Å². The normalized spacial score (nSPS) is 19.3. The van der Waals surface area contributed by atoms with Gasteiger partial charge in [-0.25, -0.2) is 0 Å². The van der Waals surface area contributed by atoms with Gasteiger partial charge in [-0.2, -0.15) is 0 Å². The maximum absolute atomic E-state index is 10.8. The fourth-order valence-electron chi connectivity index (χ4n) is 3.42. The van der Waals surface area contributed by atoms with E-state index in [2.05, 4.69) is 30.7 Å². The smallest absolute Gasteiger partial charge is 0.0947 e. The molecule has 1 N–H and O–H groups in total. The van der Waals surface area contributed by atoms with Crippen LogP contribution in [0.5, 0.6) is 0 Å². The van der Waals surface area contributed by atoms with Crippen molar-refractivity contribution >= 4 is 0 Å². The summed E-state index contributed by atoms with van der Waals surface area (Å²) >= 11 is 0. The first kappa shape index (κ1) is 16.5. The number of nitrogens with zero attached hydrogens (tertiary/aromatic N) is 2. The average molecular weight is 290 g/mol. The van der Waals surface area contributed by atoms with Gasteiger partial charge < -0.3 is 10.0 Å². The van der Waals surface area contributed by atoms with Gasteiger partial charge in [0.15, 0.2) is 0 Å². The molecule has 0 aromatic heterocycles. The third-order valence-corrected chi connectivity index (χ3v) is 4.62. The molecule has 1 saturated heterocycles. The predicted molar refractivity (Wildman–Crippen MR) is 88.3 cm³/mol. The van der Waals surface area contributed by atoms with Crippen LogP contribution in [0.1, 0.15) is 38.4 Å². The van der Waals surface area contributed by atoms with Crippen LogP contribution in [0.15, 0.2) is 30.3 Å². The van der Waals surface area contributed by atoms with E-state index in [1.54, 1.807) is 0 Å². The minimum atomic E-state index is -0.422. The molecule has 1 aliphatic rings. The molecule has 118 valence electrons. The van der Waals surface area contributed by atoms with Crippen molar-refractivity contribution in [2.24, 2.45) is 5.92 Å². The summed E-state index contributed by atoms with van der Waals surface area (Å²) in [5, 5.41) is 10.8. The summed E-state index contributed by atoms with van der Waals surface area (Å²) in [7, 11) is 2.15. The van der Waals surface area contributed by atoms with Crippen molar-refractivity contribution in [3.8, 4) is 0 Å². The number of aliphatic hydroxyl groups excluding tert-OH is 1.